The minimum atomic E-state index is -0.650. The molecule has 0 aromatic heterocycles. The molecular weight excluding hydrogens is 408 g/mol. The Kier molecular flexibility index (Phi) is 9.27. The first-order valence-electron chi connectivity index (χ1n) is 9.44. The van der Waals surface area contributed by atoms with E-state index >= 15 is 0 Å². The molecule has 0 unspecified atom stereocenters. The van der Waals surface area contributed by atoms with E-state index in [9.17, 15) is 4.79 Å². The summed E-state index contributed by atoms with van der Waals surface area (Å²) in [5, 5.41) is 0. The SMILES string of the molecule is COc1cc(OCCCCCOc2cccc(N(S)C(N)=O)c2)cc(OC)c1OC. The van der Waals surface area contributed by atoms with Gasteiger partial charge in [-0.05, 0) is 31.4 Å². The molecule has 2 aromatic rings. The minimum absolute atomic E-state index is 0.533. The lowest BCUT2D eigenvalue weighted by molar-refractivity contribution is 0.257. The molecule has 0 saturated carbocycles. The Hall–Kier alpha value is -2.94. The Bertz CT molecular complexity index is 808. The number of anilines is 1. The average Bonchev–Trinajstić information content (AvgIpc) is 2.77. The van der Waals surface area contributed by atoms with Crippen molar-refractivity contribution in [1.29, 1.82) is 0 Å². The molecule has 0 radical (unpaired) electrons. The summed E-state index contributed by atoms with van der Waals surface area (Å²) < 4.78 is 28.5. The molecule has 2 aromatic carbocycles. The van der Waals surface area contributed by atoms with Gasteiger partial charge in [-0.15, -0.1) is 0 Å². The van der Waals surface area contributed by atoms with Gasteiger partial charge in [0.1, 0.15) is 11.5 Å². The van der Waals surface area contributed by atoms with E-state index in [2.05, 4.69) is 12.8 Å². The van der Waals surface area contributed by atoms with Crippen LogP contribution in [0.15, 0.2) is 36.4 Å². The van der Waals surface area contributed by atoms with Crippen LogP contribution in [-0.4, -0.2) is 40.6 Å². The molecule has 0 spiro atoms. The normalized spacial score (nSPS) is 10.3. The second-order valence-corrected chi connectivity index (χ2v) is 6.67. The zero-order valence-electron chi connectivity index (χ0n) is 17.4. The third-order valence-electron chi connectivity index (χ3n) is 4.24. The molecule has 0 aliphatic heterocycles. The first kappa shape index (κ1) is 23.3. The van der Waals surface area contributed by atoms with Crippen LogP contribution >= 0.6 is 12.8 Å². The van der Waals surface area contributed by atoms with Gasteiger partial charge in [0, 0.05) is 18.2 Å². The van der Waals surface area contributed by atoms with E-state index in [1.165, 1.54) is 0 Å². The van der Waals surface area contributed by atoms with E-state index < -0.39 is 6.03 Å². The molecule has 0 bridgehead atoms. The summed E-state index contributed by atoms with van der Waals surface area (Å²) in [5.41, 5.74) is 5.77. The number of carbonyl (C=O) groups is 1. The number of benzene rings is 2. The third-order valence-corrected chi connectivity index (χ3v) is 4.66. The lowest BCUT2D eigenvalue weighted by atomic mass is 10.2. The zero-order chi connectivity index (χ0) is 21.9. The Balaban J connectivity index is 1.73. The summed E-state index contributed by atoms with van der Waals surface area (Å²) in [4.78, 5) is 11.2. The maximum absolute atomic E-state index is 11.2. The van der Waals surface area contributed by atoms with Crippen molar-refractivity contribution >= 4 is 24.5 Å². The van der Waals surface area contributed by atoms with Crippen LogP contribution in [0.2, 0.25) is 0 Å². The molecule has 0 atom stereocenters. The number of methoxy groups -OCH3 is 3. The topological polar surface area (TPSA) is 92.5 Å². The van der Waals surface area contributed by atoms with Crippen LogP contribution in [0.3, 0.4) is 0 Å². The van der Waals surface area contributed by atoms with Gasteiger partial charge in [0.15, 0.2) is 11.5 Å². The monoisotopic (exact) mass is 436 g/mol. The van der Waals surface area contributed by atoms with Crippen LogP contribution in [0, 0.1) is 0 Å². The van der Waals surface area contributed by atoms with Gasteiger partial charge in [-0.3, -0.25) is 0 Å². The molecule has 164 valence electrons. The van der Waals surface area contributed by atoms with Crippen molar-refractivity contribution in [2.45, 2.75) is 19.3 Å². The predicted molar refractivity (Wildman–Crippen MR) is 118 cm³/mol. The van der Waals surface area contributed by atoms with Gasteiger partial charge in [-0.25, -0.2) is 9.10 Å². The molecule has 0 aliphatic rings. The largest absolute Gasteiger partial charge is 0.494 e. The van der Waals surface area contributed by atoms with Gasteiger partial charge in [-0.2, -0.15) is 0 Å². The van der Waals surface area contributed by atoms with Crippen LogP contribution in [0.5, 0.6) is 28.7 Å². The van der Waals surface area contributed by atoms with E-state index in [0.29, 0.717) is 47.6 Å². The molecule has 0 heterocycles. The summed E-state index contributed by atoms with van der Waals surface area (Å²) >= 11 is 4.04. The molecular formula is C21H28N2O6S. The van der Waals surface area contributed by atoms with Crippen molar-refractivity contribution in [3.05, 3.63) is 36.4 Å². The number of urea groups is 1. The molecule has 0 aliphatic carbocycles. The molecule has 2 rings (SSSR count). The molecule has 9 heteroatoms. The van der Waals surface area contributed by atoms with Gasteiger partial charge in [0.25, 0.3) is 0 Å². The van der Waals surface area contributed by atoms with Gasteiger partial charge in [0.05, 0.1) is 40.2 Å². The number of amides is 2. The number of primary amides is 1. The number of hydrogen-bond acceptors (Lipinski definition) is 7. The fourth-order valence-corrected chi connectivity index (χ4v) is 2.86. The van der Waals surface area contributed by atoms with E-state index in [1.54, 1.807) is 51.7 Å². The zero-order valence-corrected chi connectivity index (χ0v) is 18.3. The number of carbonyl (C=O) groups excluding carboxylic acids is 1. The standard InChI is InChI=1S/C21H28N2O6S/c1-25-18-13-17(14-19(26-2)20(18)27-3)29-11-6-4-5-10-28-16-9-7-8-15(12-16)23(30)21(22)24/h7-9,12-14,30H,4-6,10-11H2,1-3H3,(H2,22,24). The number of nitrogens with two attached hydrogens (primary N) is 1. The Labute approximate surface area is 182 Å². The summed E-state index contributed by atoms with van der Waals surface area (Å²) in [5.74, 6) is 2.95. The number of rotatable bonds is 12. The highest BCUT2D eigenvalue weighted by atomic mass is 32.1. The number of unbranched alkanes of at least 4 members (excludes halogenated alkanes) is 2. The lowest BCUT2D eigenvalue weighted by Gasteiger charge is -2.15. The molecule has 2 amide bonds. The van der Waals surface area contributed by atoms with Crippen LogP contribution in [-0.2, 0) is 0 Å². The minimum Gasteiger partial charge on any atom is -0.494 e. The smallest absolute Gasteiger partial charge is 0.329 e. The van der Waals surface area contributed by atoms with Gasteiger partial charge >= 0.3 is 6.03 Å². The van der Waals surface area contributed by atoms with Crippen molar-refractivity contribution in [3.8, 4) is 28.7 Å². The van der Waals surface area contributed by atoms with Crippen molar-refractivity contribution in [1.82, 2.24) is 0 Å². The van der Waals surface area contributed by atoms with Crippen molar-refractivity contribution in [2.24, 2.45) is 5.73 Å². The predicted octanol–water partition coefficient (Wildman–Crippen LogP) is 4.07. The van der Waals surface area contributed by atoms with Crippen molar-refractivity contribution in [2.75, 3.05) is 38.8 Å². The molecule has 0 saturated heterocycles. The number of nitrogens with zero attached hydrogens (tertiary/aromatic N) is 1. The van der Waals surface area contributed by atoms with Crippen molar-refractivity contribution in [3.63, 3.8) is 0 Å². The summed E-state index contributed by atoms with van der Waals surface area (Å²) in [6.07, 6.45) is 2.67. The molecule has 30 heavy (non-hydrogen) atoms. The highest BCUT2D eigenvalue weighted by Crippen LogP contribution is 2.40. The molecule has 0 fully saturated rings. The Morgan fingerprint density at radius 2 is 1.50 bits per heavy atom. The van der Waals surface area contributed by atoms with E-state index in [1.807, 2.05) is 6.07 Å². The van der Waals surface area contributed by atoms with Crippen molar-refractivity contribution < 1.29 is 28.5 Å². The lowest BCUT2D eigenvalue weighted by Crippen LogP contribution is -2.27. The van der Waals surface area contributed by atoms with Gasteiger partial charge in [0.2, 0.25) is 5.75 Å². The first-order valence-corrected chi connectivity index (χ1v) is 9.84. The number of ether oxygens (including phenoxy) is 5. The first-order chi connectivity index (χ1) is 14.5. The van der Waals surface area contributed by atoms with Gasteiger partial charge < -0.3 is 29.4 Å². The molecule has 2 N–H and O–H groups in total. The maximum Gasteiger partial charge on any atom is 0.329 e. The Morgan fingerprint density at radius 1 is 0.900 bits per heavy atom. The van der Waals surface area contributed by atoms with Gasteiger partial charge in [-0.1, -0.05) is 18.9 Å². The van der Waals surface area contributed by atoms with Crippen LogP contribution < -0.4 is 33.7 Å². The quantitative estimate of drug-likeness (QED) is 0.385. The van der Waals surface area contributed by atoms with Crippen LogP contribution in [0.25, 0.3) is 0 Å². The highest BCUT2D eigenvalue weighted by molar-refractivity contribution is 7.82. The van der Waals surface area contributed by atoms with Crippen LogP contribution in [0.4, 0.5) is 10.5 Å². The maximum atomic E-state index is 11.2. The summed E-state index contributed by atoms with van der Waals surface area (Å²) in [6.45, 7) is 1.11. The fraction of sp³-hybridized carbons (Fsp3) is 0.381. The number of hydrogen-bond donors (Lipinski definition) is 2. The third kappa shape index (κ3) is 6.55. The van der Waals surface area contributed by atoms with E-state index in [0.717, 1.165) is 23.6 Å². The molecule has 8 nitrogen and oxygen atoms in total. The van der Waals surface area contributed by atoms with Crippen LogP contribution in [0.1, 0.15) is 19.3 Å². The van der Waals surface area contributed by atoms with E-state index in [4.69, 9.17) is 29.4 Å². The summed E-state index contributed by atoms with van der Waals surface area (Å²) in [7, 11) is 4.70. The Morgan fingerprint density at radius 3 is 2.03 bits per heavy atom. The average molecular weight is 437 g/mol. The second-order valence-electron chi connectivity index (χ2n) is 6.27. The van der Waals surface area contributed by atoms with E-state index in [-0.39, 0.29) is 0 Å². The fourth-order valence-electron chi connectivity index (χ4n) is 2.73. The second kappa shape index (κ2) is 11.9. The summed E-state index contributed by atoms with van der Waals surface area (Å²) in [6, 6.07) is 9.93. The highest BCUT2D eigenvalue weighted by Gasteiger charge is 2.13. The number of thiol groups is 1.